The lowest BCUT2D eigenvalue weighted by Crippen LogP contribution is -2.44. The highest BCUT2D eigenvalue weighted by atomic mass is 19.1. The summed E-state index contributed by atoms with van der Waals surface area (Å²) in [6.45, 7) is 2.86. The first-order valence-electron chi connectivity index (χ1n) is 6.98. The van der Waals surface area contributed by atoms with Crippen LogP contribution in [0.5, 0.6) is 0 Å². The molecule has 2 aromatic rings. The molecule has 0 aliphatic carbocycles. The topological polar surface area (TPSA) is 119 Å². The molecule has 3 heterocycles. The van der Waals surface area contributed by atoms with Gasteiger partial charge >= 0.3 is 0 Å². The third-order valence-corrected chi connectivity index (χ3v) is 3.77. The maximum Gasteiger partial charge on any atom is 0.243 e. The molecule has 0 bridgehead atoms. The number of halogens is 1. The fourth-order valence-corrected chi connectivity index (χ4v) is 2.69. The monoisotopic (exact) mass is 321 g/mol. The van der Waals surface area contributed by atoms with Gasteiger partial charge in [-0.05, 0) is 13.8 Å². The minimum Gasteiger partial charge on any atom is -0.391 e. The summed E-state index contributed by atoms with van der Waals surface area (Å²) >= 11 is 0. The summed E-state index contributed by atoms with van der Waals surface area (Å²) in [5.41, 5.74) is 3.78. The third-order valence-electron chi connectivity index (χ3n) is 3.77. The van der Waals surface area contributed by atoms with Gasteiger partial charge in [0.25, 0.3) is 0 Å². The molecule has 9 heteroatoms. The molecule has 0 spiro atoms. The van der Waals surface area contributed by atoms with Gasteiger partial charge in [0.05, 0.1) is 18.6 Å². The Hall–Kier alpha value is -2.28. The number of nitrogens with zero attached hydrogens (tertiary/aromatic N) is 4. The highest BCUT2D eigenvalue weighted by Gasteiger charge is 2.59. The van der Waals surface area contributed by atoms with Gasteiger partial charge in [-0.3, -0.25) is 4.57 Å². The average Bonchev–Trinajstić information content (AvgIpc) is 3.00. The number of nitrogen functional groups attached to an aromatic ring is 1. The molecule has 3 rings (SSSR count). The first-order valence-corrected chi connectivity index (χ1v) is 6.98. The van der Waals surface area contributed by atoms with E-state index in [2.05, 4.69) is 26.8 Å². The van der Waals surface area contributed by atoms with Gasteiger partial charge in [0.15, 0.2) is 11.9 Å². The van der Waals surface area contributed by atoms with Crippen LogP contribution in [-0.4, -0.2) is 53.7 Å². The van der Waals surface area contributed by atoms with Gasteiger partial charge in [-0.25, -0.2) is 14.4 Å². The Balaban J connectivity index is 2.14. The largest absolute Gasteiger partial charge is 0.391 e. The quantitative estimate of drug-likeness (QED) is 0.654. The van der Waals surface area contributed by atoms with Crippen LogP contribution < -0.4 is 5.73 Å². The van der Waals surface area contributed by atoms with Crippen LogP contribution in [-0.2, 0) is 4.74 Å². The number of aliphatic hydroxyl groups excluding tert-OH is 2. The number of aromatic nitrogens is 4. The predicted molar refractivity (Wildman–Crippen MR) is 78.6 cm³/mol. The minimum atomic E-state index is -2.43. The minimum absolute atomic E-state index is 0.00379. The number of hydrogen-bond donors (Lipinski definition) is 3. The van der Waals surface area contributed by atoms with Crippen LogP contribution >= 0.6 is 0 Å². The molecule has 122 valence electrons. The summed E-state index contributed by atoms with van der Waals surface area (Å²) in [5.74, 6) is 4.80. The lowest BCUT2D eigenvalue weighted by molar-refractivity contribution is -0.0776. The number of ether oxygens (including phenoxy) is 1. The second kappa shape index (κ2) is 5.42. The number of anilines is 1. The van der Waals surface area contributed by atoms with Crippen molar-refractivity contribution >= 4 is 17.1 Å². The molecule has 1 saturated heterocycles. The summed E-state index contributed by atoms with van der Waals surface area (Å²) in [6, 6.07) is 0. The van der Waals surface area contributed by atoms with E-state index in [1.165, 1.54) is 30.9 Å². The number of fused-ring (bicyclic) bond motifs is 1. The number of nitrogens with two attached hydrogens (primary N) is 1. The van der Waals surface area contributed by atoms with Crippen LogP contribution in [0.25, 0.3) is 11.2 Å². The number of alkyl halides is 1. The summed E-state index contributed by atoms with van der Waals surface area (Å²) in [6.07, 6.45) is -2.47. The maximum atomic E-state index is 15.4. The van der Waals surface area contributed by atoms with Crippen LogP contribution in [0.4, 0.5) is 10.3 Å². The van der Waals surface area contributed by atoms with Crippen molar-refractivity contribution in [3.63, 3.8) is 0 Å². The molecule has 1 aliphatic heterocycles. The van der Waals surface area contributed by atoms with Crippen molar-refractivity contribution in [1.82, 2.24) is 19.5 Å². The van der Waals surface area contributed by atoms with Crippen LogP contribution in [0.2, 0.25) is 0 Å². The summed E-state index contributed by atoms with van der Waals surface area (Å²) in [7, 11) is 0. The number of rotatable bonds is 2. The van der Waals surface area contributed by atoms with Crippen molar-refractivity contribution < 1.29 is 19.3 Å². The van der Waals surface area contributed by atoms with E-state index in [1.807, 2.05) is 0 Å². The Kier molecular flexibility index (Phi) is 3.68. The van der Waals surface area contributed by atoms with E-state index in [4.69, 9.17) is 10.5 Å². The highest BCUT2D eigenvalue weighted by molar-refractivity contribution is 5.70. The van der Waals surface area contributed by atoms with Gasteiger partial charge in [0.1, 0.15) is 17.7 Å². The Labute approximate surface area is 131 Å². The molecule has 1 fully saturated rings. The van der Waals surface area contributed by atoms with Gasteiger partial charge in [-0.15, -0.1) is 5.92 Å². The number of imidazole rings is 1. The number of aliphatic hydroxyl groups is 2. The van der Waals surface area contributed by atoms with Gasteiger partial charge in [0.2, 0.25) is 11.6 Å². The molecule has 2 aromatic heterocycles. The van der Waals surface area contributed by atoms with E-state index in [-0.39, 0.29) is 11.6 Å². The van der Waals surface area contributed by atoms with E-state index in [9.17, 15) is 10.2 Å². The first kappa shape index (κ1) is 15.6. The van der Waals surface area contributed by atoms with Crippen molar-refractivity contribution in [2.45, 2.75) is 44.1 Å². The maximum absolute atomic E-state index is 15.4. The highest BCUT2D eigenvalue weighted by Crippen LogP contribution is 2.43. The van der Waals surface area contributed by atoms with E-state index >= 15 is 4.39 Å². The Morgan fingerprint density at radius 2 is 2.26 bits per heavy atom. The zero-order valence-electron chi connectivity index (χ0n) is 12.5. The molecular formula is C14H16FN5O3. The van der Waals surface area contributed by atoms with E-state index < -0.39 is 30.2 Å². The zero-order chi connectivity index (χ0) is 16.8. The number of hydrogen-bond acceptors (Lipinski definition) is 7. The summed E-state index contributed by atoms with van der Waals surface area (Å²) < 4.78 is 22.2. The molecule has 4 N–H and O–H groups in total. The second-order valence-corrected chi connectivity index (χ2v) is 5.37. The molecular weight excluding hydrogens is 305 g/mol. The SMILES string of the molecule is CC#CC1(F)[C@@H](O)[C@@H]([C@H](C)O)O[C@H]1n1cnc2cnc(N)nc21. The molecule has 0 amide bonds. The summed E-state index contributed by atoms with van der Waals surface area (Å²) in [4.78, 5) is 11.9. The fraction of sp³-hybridized carbons (Fsp3) is 0.500. The molecule has 1 aliphatic rings. The first-order chi connectivity index (χ1) is 10.9. The van der Waals surface area contributed by atoms with Crippen molar-refractivity contribution in [1.29, 1.82) is 0 Å². The zero-order valence-corrected chi connectivity index (χ0v) is 12.5. The fourth-order valence-electron chi connectivity index (χ4n) is 2.69. The van der Waals surface area contributed by atoms with Gasteiger partial charge < -0.3 is 20.7 Å². The normalized spacial score (nSPS) is 31.8. The van der Waals surface area contributed by atoms with E-state index in [0.29, 0.717) is 5.52 Å². The van der Waals surface area contributed by atoms with Crippen LogP contribution in [0.15, 0.2) is 12.5 Å². The van der Waals surface area contributed by atoms with Crippen LogP contribution in [0, 0.1) is 11.8 Å². The smallest absolute Gasteiger partial charge is 0.243 e. The lowest BCUT2D eigenvalue weighted by atomic mass is 9.94. The third kappa shape index (κ3) is 2.31. The van der Waals surface area contributed by atoms with Gasteiger partial charge in [-0.1, -0.05) is 5.92 Å². The van der Waals surface area contributed by atoms with E-state index in [1.54, 1.807) is 0 Å². The van der Waals surface area contributed by atoms with Crippen LogP contribution in [0.3, 0.4) is 0 Å². The summed E-state index contributed by atoms with van der Waals surface area (Å²) in [5, 5.41) is 20.0. The standard InChI is InChI=1S/C14H16FN5O3/c1-3-4-14(15)10(22)9(7(2)21)23-12(14)20-6-18-8-5-17-13(16)19-11(8)20/h5-7,9-10,12,21-22H,1-2H3,(H2,16,17,19)/t7-,9+,10-,12+,14?/m0/s1. The van der Waals surface area contributed by atoms with Gasteiger partial charge in [0, 0.05) is 0 Å². The Morgan fingerprint density at radius 3 is 2.91 bits per heavy atom. The molecule has 0 aromatic carbocycles. The molecule has 1 unspecified atom stereocenters. The molecule has 23 heavy (non-hydrogen) atoms. The molecule has 0 saturated carbocycles. The van der Waals surface area contributed by atoms with Gasteiger partial charge in [-0.2, -0.15) is 4.98 Å². The molecule has 5 atom stereocenters. The van der Waals surface area contributed by atoms with Crippen molar-refractivity contribution in [2.24, 2.45) is 0 Å². The second-order valence-electron chi connectivity index (χ2n) is 5.37. The average molecular weight is 321 g/mol. The Bertz CT molecular complexity index is 799. The van der Waals surface area contributed by atoms with Crippen molar-refractivity contribution in [3.8, 4) is 11.8 Å². The molecule has 8 nitrogen and oxygen atoms in total. The predicted octanol–water partition coefficient (Wildman–Crippen LogP) is -0.221. The van der Waals surface area contributed by atoms with E-state index in [0.717, 1.165) is 0 Å². The molecule has 0 radical (unpaired) electrons. The Morgan fingerprint density at radius 1 is 1.52 bits per heavy atom. The lowest BCUT2D eigenvalue weighted by Gasteiger charge is -2.23. The van der Waals surface area contributed by atoms with Crippen molar-refractivity contribution in [3.05, 3.63) is 12.5 Å². The van der Waals surface area contributed by atoms with Crippen LogP contribution in [0.1, 0.15) is 20.1 Å². The van der Waals surface area contributed by atoms with Crippen molar-refractivity contribution in [2.75, 3.05) is 5.73 Å².